The minimum atomic E-state index is -4.89. The normalized spacial score (nSPS) is 14.0. The third kappa shape index (κ3) is 4.85. The highest BCUT2D eigenvalue weighted by Gasteiger charge is 2.34. The minimum absolute atomic E-state index is 0.152. The van der Waals surface area contributed by atoms with Gasteiger partial charge in [0.05, 0.1) is 10.8 Å². The standard InChI is InChI=1S/C12H16F4N2O2S/c1-3-17-7-8(2)21(19,20)18-9-4-5-11(13)10(6-9)12(14,15)16/h4-6,8,17-18H,3,7H2,1-2H3. The fraction of sp³-hybridized carbons (Fsp3) is 0.500. The van der Waals surface area contributed by atoms with Crippen molar-refractivity contribution in [3.05, 3.63) is 29.6 Å². The van der Waals surface area contributed by atoms with Gasteiger partial charge in [-0.3, -0.25) is 4.72 Å². The zero-order valence-corrected chi connectivity index (χ0v) is 12.3. The Kier molecular flexibility index (Phi) is 5.57. The van der Waals surface area contributed by atoms with E-state index >= 15 is 0 Å². The number of sulfonamides is 1. The van der Waals surface area contributed by atoms with Crippen LogP contribution >= 0.6 is 0 Å². The highest BCUT2D eigenvalue weighted by Crippen LogP contribution is 2.33. The van der Waals surface area contributed by atoms with Gasteiger partial charge in [-0.05, 0) is 31.7 Å². The lowest BCUT2D eigenvalue weighted by Gasteiger charge is -2.16. The topological polar surface area (TPSA) is 58.2 Å². The second-order valence-corrected chi connectivity index (χ2v) is 6.56. The van der Waals surface area contributed by atoms with Gasteiger partial charge in [-0.25, -0.2) is 12.8 Å². The Morgan fingerprint density at radius 2 is 1.90 bits per heavy atom. The van der Waals surface area contributed by atoms with E-state index in [4.69, 9.17) is 0 Å². The molecule has 0 aromatic heterocycles. The van der Waals surface area contributed by atoms with Crippen molar-refractivity contribution in [1.29, 1.82) is 0 Å². The van der Waals surface area contributed by atoms with Gasteiger partial charge in [0, 0.05) is 12.2 Å². The summed E-state index contributed by atoms with van der Waals surface area (Å²) in [7, 11) is -3.86. The van der Waals surface area contributed by atoms with E-state index < -0.39 is 32.8 Å². The van der Waals surface area contributed by atoms with Crippen molar-refractivity contribution in [1.82, 2.24) is 5.32 Å². The Hall–Kier alpha value is -1.35. The number of benzene rings is 1. The van der Waals surface area contributed by atoms with Crippen LogP contribution in [0.25, 0.3) is 0 Å². The Balaban J connectivity index is 2.98. The first-order chi connectivity index (χ1) is 9.58. The van der Waals surface area contributed by atoms with Gasteiger partial charge >= 0.3 is 6.18 Å². The van der Waals surface area contributed by atoms with Crippen molar-refractivity contribution in [2.24, 2.45) is 0 Å². The molecule has 2 N–H and O–H groups in total. The van der Waals surface area contributed by atoms with Crippen LogP contribution in [0.3, 0.4) is 0 Å². The van der Waals surface area contributed by atoms with E-state index in [0.29, 0.717) is 18.7 Å². The molecule has 0 heterocycles. The van der Waals surface area contributed by atoms with E-state index in [9.17, 15) is 26.0 Å². The van der Waals surface area contributed by atoms with Gasteiger partial charge in [0.2, 0.25) is 10.0 Å². The summed E-state index contributed by atoms with van der Waals surface area (Å²) in [5, 5.41) is 1.98. The largest absolute Gasteiger partial charge is 0.419 e. The van der Waals surface area contributed by atoms with Crippen LogP contribution in [0.4, 0.5) is 23.2 Å². The highest BCUT2D eigenvalue weighted by molar-refractivity contribution is 7.93. The van der Waals surface area contributed by atoms with E-state index in [2.05, 4.69) is 5.32 Å². The third-order valence-corrected chi connectivity index (χ3v) is 4.49. The van der Waals surface area contributed by atoms with Gasteiger partial charge in [-0.15, -0.1) is 0 Å². The maximum Gasteiger partial charge on any atom is 0.419 e. The van der Waals surface area contributed by atoms with Crippen LogP contribution in [-0.2, 0) is 16.2 Å². The summed E-state index contributed by atoms with van der Waals surface area (Å²) in [6.45, 7) is 3.93. The Morgan fingerprint density at radius 1 is 1.29 bits per heavy atom. The second-order valence-electron chi connectivity index (χ2n) is 4.46. The first kappa shape index (κ1) is 17.7. The smallest absolute Gasteiger partial charge is 0.316 e. The average molecular weight is 328 g/mol. The number of hydrogen-bond acceptors (Lipinski definition) is 3. The highest BCUT2D eigenvalue weighted by atomic mass is 32.2. The molecule has 0 spiro atoms. The zero-order valence-electron chi connectivity index (χ0n) is 11.5. The monoisotopic (exact) mass is 328 g/mol. The lowest BCUT2D eigenvalue weighted by atomic mass is 10.2. The molecule has 0 fully saturated rings. The molecule has 1 unspecified atom stereocenters. The van der Waals surface area contributed by atoms with Crippen molar-refractivity contribution in [2.75, 3.05) is 17.8 Å². The lowest BCUT2D eigenvalue weighted by Crippen LogP contribution is -2.34. The zero-order chi connectivity index (χ0) is 16.3. The summed E-state index contributed by atoms with van der Waals surface area (Å²) in [6.07, 6.45) is -4.89. The van der Waals surface area contributed by atoms with Crippen LogP contribution in [-0.4, -0.2) is 26.8 Å². The molecule has 9 heteroatoms. The van der Waals surface area contributed by atoms with E-state index in [1.54, 1.807) is 6.92 Å². The first-order valence-corrected chi connectivity index (χ1v) is 7.71. The number of halogens is 4. The predicted octanol–water partition coefficient (Wildman–Crippen LogP) is 2.58. The summed E-state index contributed by atoms with van der Waals surface area (Å²) in [5.41, 5.74) is -1.84. The third-order valence-electron chi connectivity index (χ3n) is 2.74. The molecular weight excluding hydrogens is 312 g/mol. The Morgan fingerprint density at radius 3 is 2.43 bits per heavy atom. The Labute approximate surface area is 120 Å². The van der Waals surface area contributed by atoms with E-state index in [0.717, 1.165) is 6.07 Å². The predicted molar refractivity (Wildman–Crippen MR) is 72.0 cm³/mol. The van der Waals surface area contributed by atoms with Crippen LogP contribution in [0.15, 0.2) is 18.2 Å². The van der Waals surface area contributed by atoms with Gasteiger partial charge in [0.25, 0.3) is 0 Å². The molecule has 0 aliphatic rings. The van der Waals surface area contributed by atoms with E-state index in [1.165, 1.54) is 6.92 Å². The number of alkyl halides is 3. The molecule has 1 atom stereocenters. The fourth-order valence-corrected chi connectivity index (χ4v) is 2.52. The van der Waals surface area contributed by atoms with E-state index in [1.807, 2.05) is 4.72 Å². The fourth-order valence-electron chi connectivity index (χ4n) is 1.53. The van der Waals surface area contributed by atoms with Crippen LogP contribution in [0.1, 0.15) is 19.4 Å². The van der Waals surface area contributed by atoms with Crippen molar-refractivity contribution in [3.63, 3.8) is 0 Å². The van der Waals surface area contributed by atoms with Gasteiger partial charge in [0.15, 0.2) is 0 Å². The molecule has 0 saturated heterocycles. The molecule has 21 heavy (non-hydrogen) atoms. The molecule has 1 aromatic rings. The number of anilines is 1. The summed E-state index contributed by atoms with van der Waals surface area (Å²) < 4.78 is 76.7. The van der Waals surface area contributed by atoms with Crippen LogP contribution < -0.4 is 10.0 Å². The Bertz CT molecular complexity index is 587. The minimum Gasteiger partial charge on any atom is -0.316 e. The van der Waals surface area contributed by atoms with E-state index in [-0.39, 0.29) is 12.2 Å². The maximum atomic E-state index is 13.1. The number of nitrogens with one attached hydrogen (secondary N) is 2. The SMILES string of the molecule is CCNCC(C)S(=O)(=O)Nc1ccc(F)c(C(F)(F)F)c1. The molecule has 0 bridgehead atoms. The first-order valence-electron chi connectivity index (χ1n) is 6.17. The van der Waals surface area contributed by atoms with Crippen molar-refractivity contribution < 1.29 is 26.0 Å². The summed E-state index contributed by atoms with van der Waals surface area (Å²) >= 11 is 0. The molecule has 120 valence electrons. The molecule has 4 nitrogen and oxygen atoms in total. The molecule has 1 aromatic carbocycles. The molecule has 1 rings (SSSR count). The molecule has 0 aliphatic carbocycles. The van der Waals surface area contributed by atoms with Gasteiger partial charge in [-0.1, -0.05) is 6.92 Å². The van der Waals surface area contributed by atoms with Crippen molar-refractivity contribution >= 4 is 15.7 Å². The quantitative estimate of drug-likeness (QED) is 0.789. The van der Waals surface area contributed by atoms with Gasteiger partial charge < -0.3 is 5.32 Å². The van der Waals surface area contributed by atoms with Crippen LogP contribution in [0, 0.1) is 5.82 Å². The van der Waals surface area contributed by atoms with Crippen LogP contribution in [0.5, 0.6) is 0 Å². The average Bonchev–Trinajstić information content (AvgIpc) is 2.36. The lowest BCUT2D eigenvalue weighted by molar-refractivity contribution is -0.139. The molecular formula is C12H16F4N2O2S. The molecule has 0 amide bonds. The number of hydrogen-bond donors (Lipinski definition) is 2. The molecule has 0 saturated carbocycles. The summed E-state index contributed by atoms with van der Waals surface area (Å²) in [5.74, 6) is -1.45. The van der Waals surface area contributed by atoms with Crippen LogP contribution in [0.2, 0.25) is 0 Å². The number of rotatable bonds is 6. The second kappa shape index (κ2) is 6.61. The summed E-state index contributed by atoms with van der Waals surface area (Å²) in [4.78, 5) is 0. The van der Waals surface area contributed by atoms with Gasteiger partial charge in [0.1, 0.15) is 5.82 Å². The van der Waals surface area contributed by atoms with Gasteiger partial charge in [-0.2, -0.15) is 13.2 Å². The molecule has 0 radical (unpaired) electrons. The summed E-state index contributed by atoms with van der Waals surface area (Å²) in [6, 6.07) is 1.96. The molecule has 0 aliphatic heterocycles. The van der Waals surface area contributed by atoms with Crippen molar-refractivity contribution in [2.45, 2.75) is 25.3 Å². The maximum absolute atomic E-state index is 13.1. The van der Waals surface area contributed by atoms with Crippen molar-refractivity contribution in [3.8, 4) is 0 Å².